The second-order valence-corrected chi connectivity index (χ2v) is 8.54. The zero-order valence-corrected chi connectivity index (χ0v) is 18.1. The van der Waals surface area contributed by atoms with Crippen LogP contribution in [0.25, 0.3) is 0 Å². The summed E-state index contributed by atoms with van der Waals surface area (Å²) in [7, 11) is 1.34. The fraction of sp³-hybridized carbons (Fsp3) is 0.714. The van der Waals surface area contributed by atoms with E-state index in [0.29, 0.717) is 24.0 Å². The molecule has 0 radical (unpaired) electrons. The number of esters is 1. The monoisotopic (exact) mass is 407 g/mol. The molecule has 1 saturated carbocycles. The van der Waals surface area contributed by atoms with Crippen LogP contribution >= 0.6 is 0 Å². The largest absolute Gasteiger partial charge is 0.491 e. The van der Waals surface area contributed by atoms with Gasteiger partial charge in [0.25, 0.3) is 5.56 Å². The maximum atomic E-state index is 12.7. The van der Waals surface area contributed by atoms with Crippen molar-refractivity contribution >= 4 is 11.9 Å². The van der Waals surface area contributed by atoms with Crippen molar-refractivity contribution in [2.75, 3.05) is 13.7 Å². The van der Waals surface area contributed by atoms with Crippen molar-refractivity contribution in [2.45, 2.75) is 77.8 Å². The molecule has 8 heteroatoms. The molecule has 0 spiro atoms. The highest BCUT2D eigenvalue weighted by molar-refractivity contribution is 5.78. The molecule has 0 saturated heterocycles. The Kier molecular flexibility index (Phi) is 7.81. The topological polar surface area (TPSA) is 99.5 Å². The number of methoxy groups -OCH3 is 1. The second-order valence-electron chi connectivity index (χ2n) is 8.54. The third kappa shape index (κ3) is 6.30. The van der Waals surface area contributed by atoms with Gasteiger partial charge in [0, 0.05) is 12.0 Å². The number of amides is 1. The number of carbonyl (C=O) groups is 2. The molecule has 1 heterocycles. The van der Waals surface area contributed by atoms with Crippen molar-refractivity contribution in [2.24, 2.45) is 5.92 Å². The maximum absolute atomic E-state index is 12.7. The summed E-state index contributed by atoms with van der Waals surface area (Å²) in [5, 5.41) is 7.36. The normalized spacial score (nSPS) is 15.6. The van der Waals surface area contributed by atoms with Gasteiger partial charge in [0.15, 0.2) is 0 Å². The Labute approximate surface area is 172 Å². The molecule has 0 aliphatic heterocycles. The SMILES string of the molecule is COC(=O)CC1(NC(=O)Cn2nc(C(C)C)c(OCC(C)C)cc2=O)CCCC1. The number of aromatic nitrogens is 2. The van der Waals surface area contributed by atoms with Gasteiger partial charge >= 0.3 is 5.97 Å². The zero-order valence-electron chi connectivity index (χ0n) is 18.1. The van der Waals surface area contributed by atoms with Gasteiger partial charge in [-0.15, -0.1) is 0 Å². The summed E-state index contributed by atoms with van der Waals surface area (Å²) in [6.45, 7) is 8.27. The number of hydrogen-bond donors (Lipinski definition) is 1. The van der Waals surface area contributed by atoms with Gasteiger partial charge in [-0.1, -0.05) is 40.5 Å². The number of rotatable bonds is 9. The molecule has 0 bridgehead atoms. The highest BCUT2D eigenvalue weighted by Gasteiger charge is 2.37. The van der Waals surface area contributed by atoms with E-state index in [2.05, 4.69) is 10.4 Å². The number of carbonyl (C=O) groups excluding carboxylic acids is 2. The molecule has 162 valence electrons. The Hall–Kier alpha value is -2.38. The lowest BCUT2D eigenvalue weighted by molar-refractivity contribution is -0.142. The van der Waals surface area contributed by atoms with Crippen LogP contribution < -0.4 is 15.6 Å². The Morgan fingerprint density at radius 2 is 1.90 bits per heavy atom. The van der Waals surface area contributed by atoms with Crippen LogP contribution in [0.1, 0.15) is 71.4 Å². The molecular weight excluding hydrogens is 374 g/mol. The van der Waals surface area contributed by atoms with Crippen LogP contribution in [0.5, 0.6) is 5.75 Å². The summed E-state index contributed by atoms with van der Waals surface area (Å²) in [4.78, 5) is 37.0. The number of hydrogen-bond acceptors (Lipinski definition) is 6. The van der Waals surface area contributed by atoms with Crippen molar-refractivity contribution in [3.63, 3.8) is 0 Å². The minimum atomic E-state index is -0.602. The van der Waals surface area contributed by atoms with Crippen molar-refractivity contribution in [3.05, 3.63) is 22.1 Å². The van der Waals surface area contributed by atoms with Gasteiger partial charge in [-0.05, 0) is 18.8 Å². The predicted molar refractivity (Wildman–Crippen MR) is 109 cm³/mol. The van der Waals surface area contributed by atoms with Crippen LogP contribution in [0.4, 0.5) is 0 Å². The fourth-order valence-electron chi connectivity index (χ4n) is 3.59. The van der Waals surface area contributed by atoms with Gasteiger partial charge < -0.3 is 14.8 Å². The lowest BCUT2D eigenvalue weighted by Gasteiger charge is -2.29. The van der Waals surface area contributed by atoms with E-state index in [0.717, 1.165) is 30.4 Å². The van der Waals surface area contributed by atoms with Crippen LogP contribution in [0.3, 0.4) is 0 Å². The Morgan fingerprint density at radius 3 is 2.45 bits per heavy atom. The highest BCUT2D eigenvalue weighted by atomic mass is 16.5. The Balaban J connectivity index is 2.17. The third-order valence-electron chi connectivity index (χ3n) is 5.08. The first-order chi connectivity index (χ1) is 13.7. The van der Waals surface area contributed by atoms with E-state index in [9.17, 15) is 14.4 Å². The summed E-state index contributed by atoms with van der Waals surface area (Å²) in [6, 6.07) is 1.40. The summed E-state index contributed by atoms with van der Waals surface area (Å²) in [5.41, 5.74) is -0.352. The first-order valence-electron chi connectivity index (χ1n) is 10.3. The van der Waals surface area contributed by atoms with Gasteiger partial charge in [-0.3, -0.25) is 14.4 Å². The smallest absolute Gasteiger partial charge is 0.307 e. The first-order valence-corrected chi connectivity index (χ1v) is 10.3. The summed E-state index contributed by atoms with van der Waals surface area (Å²) >= 11 is 0. The first kappa shape index (κ1) is 22.9. The lowest BCUT2D eigenvalue weighted by atomic mass is 9.93. The molecular formula is C21H33N3O5. The van der Waals surface area contributed by atoms with Crippen LogP contribution in [0, 0.1) is 5.92 Å². The van der Waals surface area contributed by atoms with E-state index in [-0.39, 0.29) is 30.8 Å². The number of nitrogens with zero attached hydrogens (tertiary/aromatic N) is 2. The highest BCUT2D eigenvalue weighted by Crippen LogP contribution is 2.33. The molecule has 29 heavy (non-hydrogen) atoms. The lowest BCUT2D eigenvalue weighted by Crippen LogP contribution is -2.49. The molecule has 8 nitrogen and oxygen atoms in total. The molecule has 1 aromatic heterocycles. The van der Waals surface area contributed by atoms with Crippen molar-refractivity contribution in [1.29, 1.82) is 0 Å². The molecule has 0 atom stereocenters. The van der Waals surface area contributed by atoms with E-state index < -0.39 is 11.1 Å². The number of ether oxygens (including phenoxy) is 2. The Morgan fingerprint density at radius 1 is 1.24 bits per heavy atom. The number of nitrogens with one attached hydrogen (secondary N) is 1. The minimum Gasteiger partial charge on any atom is -0.491 e. The molecule has 0 aromatic carbocycles. The quantitative estimate of drug-likeness (QED) is 0.631. The van der Waals surface area contributed by atoms with Crippen molar-refractivity contribution in [1.82, 2.24) is 15.1 Å². The zero-order chi connectivity index (χ0) is 21.6. The van der Waals surface area contributed by atoms with Crippen molar-refractivity contribution in [3.8, 4) is 5.75 Å². The third-order valence-corrected chi connectivity index (χ3v) is 5.08. The van der Waals surface area contributed by atoms with Gasteiger partial charge in [-0.25, -0.2) is 4.68 Å². The molecule has 0 unspecified atom stereocenters. The van der Waals surface area contributed by atoms with Crippen LogP contribution in [-0.4, -0.2) is 40.9 Å². The van der Waals surface area contributed by atoms with Gasteiger partial charge in [0.1, 0.15) is 18.0 Å². The molecule has 1 aliphatic rings. The fourth-order valence-corrected chi connectivity index (χ4v) is 3.59. The van der Waals surface area contributed by atoms with Crippen LogP contribution in [0.15, 0.2) is 10.9 Å². The molecule has 1 amide bonds. The predicted octanol–water partition coefficient (Wildman–Crippen LogP) is 2.39. The maximum Gasteiger partial charge on any atom is 0.307 e. The van der Waals surface area contributed by atoms with E-state index in [1.807, 2.05) is 27.7 Å². The molecule has 1 aromatic rings. The van der Waals surface area contributed by atoms with Gasteiger partial charge in [0.2, 0.25) is 5.91 Å². The van der Waals surface area contributed by atoms with E-state index >= 15 is 0 Å². The average molecular weight is 408 g/mol. The molecule has 2 rings (SSSR count). The minimum absolute atomic E-state index is 0.0348. The van der Waals surface area contributed by atoms with E-state index in [4.69, 9.17) is 9.47 Å². The summed E-state index contributed by atoms with van der Waals surface area (Å²) in [6.07, 6.45) is 3.45. The second kappa shape index (κ2) is 9.89. The van der Waals surface area contributed by atoms with Gasteiger partial charge in [-0.2, -0.15) is 5.10 Å². The summed E-state index contributed by atoms with van der Waals surface area (Å²) < 4.78 is 11.7. The van der Waals surface area contributed by atoms with E-state index in [1.165, 1.54) is 13.2 Å². The van der Waals surface area contributed by atoms with Crippen LogP contribution in [-0.2, 0) is 20.9 Å². The molecule has 1 N–H and O–H groups in total. The van der Waals surface area contributed by atoms with Gasteiger partial charge in [0.05, 0.1) is 25.7 Å². The summed E-state index contributed by atoms with van der Waals surface area (Å²) in [5.74, 6) is 0.133. The molecule has 1 fully saturated rings. The van der Waals surface area contributed by atoms with E-state index in [1.54, 1.807) is 0 Å². The van der Waals surface area contributed by atoms with Crippen LogP contribution in [0.2, 0.25) is 0 Å². The van der Waals surface area contributed by atoms with Crippen molar-refractivity contribution < 1.29 is 19.1 Å². The Bertz CT molecular complexity index is 779. The standard InChI is InChI=1S/C21H33N3O5/c1-14(2)13-29-16-10-18(26)24(23-20(16)15(3)4)12-17(25)22-21(8-6-7-9-21)11-19(27)28-5/h10,14-15H,6-9,11-13H2,1-5H3,(H,22,25). The molecule has 1 aliphatic carbocycles. The average Bonchev–Trinajstić information content (AvgIpc) is 3.08.